The second-order valence-corrected chi connectivity index (χ2v) is 5.77. The van der Waals surface area contributed by atoms with Crippen molar-refractivity contribution in [2.24, 2.45) is 0 Å². The minimum atomic E-state index is -0.899. The van der Waals surface area contributed by atoms with E-state index in [2.05, 4.69) is 10.6 Å². The molecule has 0 fully saturated rings. The topological polar surface area (TPSA) is 87.7 Å². The van der Waals surface area contributed by atoms with Gasteiger partial charge in [0.05, 0.1) is 12.2 Å². The van der Waals surface area contributed by atoms with Gasteiger partial charge in [0.1, 0.15) is 0 Å². The highest BCUT2D eigenvalue weighted by molar-refractivity contribution is 5.97. The van der Waals surface area contributed by atoms with Crippen molar-refractivity contribution in [2.45, 2.75) is 19.4 Å². The molecule has 2 rings (SSSR count). The summed E-state index contributed by atoms with van der Waals surface area (Å²) in [4.78, 5) is 24.5. The van der Waals surface area contributed by atoms with Crippen LogP contribution in [0.4, 0.5) is 5.69 Å². The fourth-order valence-electron chi connectivity index (χ4n) is 2.40. The van der Waals surface area contributed by atoms with Gasteiger partial charge in [-0.05, 0) is 31.0 Å². The molecule has 6 nitrogen and oxygen atoms in total. The Bertz CT molecular complexity index is 719. The maximum atomic E-state index is 12.3. The Balaban J connectivity index is 1.85. The van der Waals surface area contributed by atoms with Crippen molar-refractivity contribution in [3.05, 3.63) is 65.7 Å². The van der Waals surface area contributed by atoms with Crippen molar-refractivity contribution < 1.29 is 19.4 Å². The van der Waals surface area contributed by atoms with E-state index in [0.717, 1.165) is 5.56 Å². The van der Waals surface area contributed by atoms with E-state index in [4.69, 9.17) is 9.84 Å². The third-order valence-electron chi connectivity index (χ3n) is 3.78. The number of amides is 1. The van der Waals surface area contributed by atoms with E-state index >= 15 is 0 Å². The Morgan fingerprint density at radius 3 is 2.46 bits per heavy atom. The van der Waals surface area contributed by atoms with Gasteiger partial charge < -0.3 is 20.5 Å². The average Bonchev–Trinajstić information content (AvgIpc) is 2.67. The van der Waals surface area contributed by atoms with Gasteiger partial charge in [-0.2, -0.15) is 0 Å². The van der Waals surface area contributed by atoms with E-state index in [1.165, 1.54) is 0 Å². The Morgan fingerprint density at radius 1 is 1.04 bits per heavy atom. The average molecular weight is 356 g/mol. The number of benzene rings is 2. The first-order valence-corrected chi connectivity index (χ1v) is 8.58. The van der Waals surface area contributed by atoms with Crippen LogP contribution in [-0.2, 0) is 16.0 Å². The molecule has 0 aliphatic carbocycles. The Kier molecular flexibility index (Phi) is 7.64. The highest BCUT2D eigenvalue weighted by Gasteiger charge is 2.20. The van der Waals surface area contributed by atoms with Gasteiger partial charge in [-0.25, -0.2) is 4.79 Å². The van der Waals surface area contributed by atoms with E-state index < -0.39 is 12.1 Å². The van der Waals surface area contributed by atoms with Crippen LogP contribution in [0.1, 0.15) is 22.8 Å². The van der Waals surface area contributed by atoms with Crippen LogP contribution in [0.3, 0.4) is 0 Å². The van der Waals surface area contributed by atoms with E-state index in [1.807, 2.05) is 30.3 Å². The molecular formula is C20H24N2O4. The van der Waals surface area contributed by atoms with Crippen molar-refractivity contribution >= 4 is 17.6 Å². The van der Waals surface area contributed by atoms with Crippen LogP contribution in [0.2, 0.25) is 0 Å². The van der Waals surface area contributed by atoms with Crippen LogP contribution in [0.25, 0.3) is 0 Å². The van der Waals surface area contributed by atoms with Crippen LogP contribution in [0.15, 0.2) is 54.6 Å². The molecule has 26 heavy (non-hydrogen) atoms. The second-order valence-electron chi connectivity index (χ2n) is 5.77. The molecule has 3 N–H and O–H groups in total. The minimum Gasteiger partial charge on any atom is -0.449 e. The number of aliphatic hydroxyl groups is 1. The maximum Gasteiger partial charge on any atom is 0.341 e. The van der Waals surface area contributed by atoms with E-state index in [-0.39, 0.29) is 12.5 Å². The fourth-order valence-corrected chi connectivity index (χ4v) is 2.40. The second kappa shape index (κ2) is 10.2. The number of esters is 1. The Morgan fingerprint density at radius 2 is 1.73 bits per heavy atom. The number of hydrogen-bond donors (Lipinski definition) is 3. The van der Waals surface area contributed by atoms with Gasteiger partial charge in [0, 0.05) is 18.8 Å². The number of para-hydroxylation sites is 1. The lowest BCUT2D eigenvalue weighted by molar-refractivity contribution is -0.129. The van der Waals surface area contributed by atoms with Crippen LogP contribution in [-0.4, -0.2) is 42.8 Å². The molecule has 1 unspecified atom stereocenters. The molecule has 0 radical (unpaired) electrons. The number of rotatable bonds is 9. The van der Waals surface area contributed by atoms with Crippen LogP contribution in [0.5, 0.6) is 0 Å². The molecular weight excluding hydrogens is 332 g/mol. The first-order chi connectivity index (χ1) is 12.6. The summed E-state index contributed by atoms with van der Waals surface area (Å²) in [6.07, 6.45) is -0.189. The lowest BCUT2D eigenvalue weighted by Gasteiger charge is -2.15. The molecule has 0 saturated carbocycles. The van der Waals surface area contributed by atoms with Crippen molar-refractivity contribution in [2.75, 3.05) is 25.0 Å². The molecule has 6 heteroatoms. The quantitative estimate of drug-likeness (QED) is 0.598. The zero-order valence-electron chi connectivity index (χ0n) is 14.8. The van der Waals surface area contributed by atoms with Gasteiger partial charge in [0.15, 0.2) is 6.10 Å². The number of nitrogens with one attached hydrogen (secondary N) is 2. The van der Waals surface area contributed by atoms with Crippen molar-refractivity contribution in [3.63, 3.8) is 0 Å². The van der Waals surface area contributed by atoms with Crippen molar-refractivity contribution in [1.82, 2.24) is 5.32 Å². The number of carbonyl (C=O) groups is 2. The number of ether oxygens (including phenoxy) is 1. The predicted octanol–water partition coefficient (Wildman–Crippen LogP) is 1.99. The first kappa shape index (κ1) is 19.5. The zero-order valence-corrected chi connectivity index (χ0v) is 14.8. The number of hydrogen-bond acceptors (Lipinski definition) is 5. The lowest BCUT2D eigenvalue weighted by atomic mass is 10.1. The SMILES string of the molecule is CC(OC(=O)c1ccccc1NCCO)C(=O)NCCc1ccccc1. The summed E-state index contributed by atoms with van der Waals surface area (Å²) in [5, 5.41) is 14.6. The van der Waals surface area contributed by atoms with E-state index in [0.29, 0.717) is 30.8 Å². The Hall–Kier alpha value is -2.86. The molecule has 0 aromatic heterocycles. The zero-order chi connectivity index (χ0) is 18.8. The molecule has 0 spiro atoms. The molecule has 138 valence electrons. The van der Waals surface area contributed by atoms with Gasteiger partial charge in [-0.3, -0.25) is 4.79 Å². The molecule has 1 atom stereocenters. The Labute approximate surface area is 153 Å². The van der Waals surface area contributed by atoms with Crippen molar-refractivity contribution in [3.8, 4) is 0 Å². The van der Waals surface area contributed by atoms with E-state index in [1.54, 1.807) is 31.2 Å². The van der Waals surface area contributed by atoms with Gasteiger partial charge in [0.2, 0.25) is 0 Å². The molecule has 2 aromatic rings. The molecule has 2 aromatic carbocycles. The third kappa shape index (κ3) is 5.89. The monoisotopic (exact) mass is 356 g/mol. The molecule has 1 amide bonds. The summed E-state index contributed by atoms with van der Waals surface area (Å²) in [5.41, 5.74) is 2.01. The molecule has 0 heterocycles. The van der Waals surface area contributed by atoms with Gasteiger partial charge in [-0.15, -0.1) is 0 Å². The first-order valence-electron chi connectivity index (χ1n) is 8.58. The van der Waals surface area contributed by atoms with Crippen LogP contribution in [0, 0.1) is 0 Å². The van der Waals surface area contributed by atoms with Gasteiger partial charge in [0.25, 0.3) is 5.91 Å². The smallest absolute Gasteiger partial charge is 0.341 e. The summed E-state index contributed by atoms with van der Waals surface area (Å²) in [6, 6.07) is 16.6. The van der Waals surface area contributed by atoms with Crippen LogP contribution < -0.4 is 10.6 Å². The minimum absolute atomic E-state index is 0.0520. The summed E-state index contributed by atoms with van der Waals surface area (Å²) in [7, 11) is 0. The summed E-state index contributed by atoms with van der Waals surface area (Å²) in [6.45, 7) is 2.28. The summed E-state index contributed by atoms with van der Waals surface area (Å²) < 4.78 is 5.27. The molecule has 0 saturated heterocycles. The lowest BCUT2D eigenvalue weighted by Crippen LogP contribution is -2.37. The number of anilines is 1. The standard InChI is InChI=1S/C20H24N2O4/c1-15(19(24)22-12-11-16-7-3-2-4-8-16)26-20(25)17-9-5-6-10-18(17)21-13-14-23/h2-10,15,21,23H,11-14H2,1H3,(H,22,24). The third-order valence-corrected chi connectivity index (χ3v) is 3.78. The number of aliphatic hydroxyl groups excluding tert-OH is 1. The van der Waals surface area contributed by atoms with Crippen LogP contribution >= 0.6 is 0 Å². The fraction of sp³-hybridized carbons (Fsp3) is 0.300. The largest absolute Gasteiger partial charge is 0.449 e. The normalized spacial score (nSPS) is 11.5. The number of carbonyl (C=O) groups excluding carboxylic acids is 2. The maximum absolute atomic E-state index is 12.3. The van der Waals surface area contributed by atoms with Gasteiger partial charge >= 0.3 is 5.97 Å². The highest BCUT2D eigenvalue weighted by atomic mass is 16.5. The highest BCUT2D eigenvalue weighted by Crippen LogP contribution is 2.16. The molecule has 0 aliphatic heterocycles. The predicted molar refractivity (Wildman–Crippen MR) is 100 cm³/mol. The van der Waals surface area contributed by atoms with Gasteiger partial charge in [-0.1, -0.05) is 42.5 Å². The van der Waals surface area contributed by atoms with Crippen molar-refractivity contribution in [1.29, 1.82) is 0 Å². The molecule has 0 bridgehead atoms. The summed E-state index contributed by atoms with van der Waals surface area (Å²) in [5.74, 6) is -0.924. The molecule has 0 aliphatic rings. The summed E-state index contributed by atoms with van der Waals surface area (Å²) >= 11 is 0. The van der Waals surface area contributed by atoms with E-state index in [9.17, 15) is 9.59 Å².